The first-order chi connectivity index (χ1) is 12.9. The van der Waals surface area contributed by atoms with E-state index in [-0.39, 0.29) is 23.9 Å². The lowest BCUT2D eigenvalue weighted by Crippen LogP contribution is -2.40. The zero-order valence-electron chi connectivity index (χ0n) is 16.7. The molecule has 0 unspecified atom stereocenters. The Balaban J connectivity index is 1.96. The van der Waals surface area contributed by atoms with Crippen LogP contribution in [0.3, 0.4) is 0 Å². The summed E-state index contributed by atoms with van der Waals surface area (Å²) in [6, 6.07) is 4.75. The van der Waals surface area contributed by atoms with Crippen molar-refractivity contribution < 1.29 is 14.4 Å². The molecular weight excluding hydrogens is 344 g/mol. The van der Waals surface area contributed by atoms with Crippen molar-refractivity contribution in [2.45, 2.75) is 46.6 Å². The van der Waals surface area contributed by atoms with E-state index in [0.717, 1.165) is 18.5 Å². The van der Waals surface area contributed by atoms with Gasteiger partial charge in [0.25, 0.3) is 5.91 Å². The highest BCUT2D eigenvalue weighted by Gasteiger charge is 2.29. The fourth-order valence-corrected chi connectivity index (χ4v) is 3.33. The Morgan fingerprint density at radius 2 is 1.93 bits per heavy atom. The van der Waals surface area contributed by atoms with Crippen molar-refractivity contribution >= 4 is 23.5 Å². The van der Waals surface area contributed by atoms with Crippen LogP contribution in [0.15, 0.2) is 18.2 Å². The van der Waals surface area contributed by atoms with Crippen LogP contribution < -0.4 is 10.6 Å². The van der Waals surface area contributed by atoms with E-state index in [1.54, 1.807) is 28.0 Å². The van der Waals surface area contributed by atoms with Gasteiger partial charge in [0.15, 0.2) is 0 Å². The predicted octanol–water partition coefficient (Wildman–Crippen LogP) is 2.61. The van der Waals surface area contributed by atoms with Crippen LogP contribution in [0.4, 0.5) is 10.5 Å². The largest absolute Gasteiger partial charge is 0.341 e. The normalized spacial score (nSPS) is 16.4. The average molecular weight is 374 g/mol. The third kappa shape index (κ3) is 5.21. The van der Waals surface area contributed by atoms with Crippen LogP contribution in [-0.4, -0.2) is 59.9 Å². The summed E-state index contributed by atoms with van der Waals surface area (Å²) in [4.78, 5) is 40.1. The molecule has 27 heavy (non-hydrogen) atoms. The van der Waals surface area contributed by atoms with Crippen molar-refractivity contribution in [3.8, 4) is 0 Å². The number of hydrogen-bond donors (Lipinski definition) is 2. The number of benzene rings is 1. The van der Waals surface area contributed by atoms with Crippen LogP contribution in [0.5, 0.6) is 0 Å². The summed E-state index contributed by atoms with van der Waals surface area (Å²) in [5.74, 6) is 0.0668. The minimum Gasteiger partial charge on any atom is -0.341 e. The molecule has 2 N–H and O–H groups in total. The maximum absolute atomic E-state index is 12.4. The van der Waals surface area contributed by atoms with E-state index in [1.165, 1.54) is 0 Å². The second-order valence-corrected chi connectivity index (χ2v) is 6.85. The van der Waals surface area contributed by atoms with Gasteiger partial charge in [-0.1, -0.05) is 6.92 Å². The molecule has 1 aliphatic heterocycles. The van der Waals surface area contributed by atoms with Gasteiger partial charge < -0.3 is 20.4 Å². The Kier molecular flexibility index (Phi) is 7.21. The lowest BCUT2D eigenvalue weighted by atomic mass is 10.1. The molecule has 0 bridgehead atoms. The molecule has 1 heterocycles. The van der Waals surface area contributed by atoms with E-state index in [1.807, 2.05) is 27.7 Å². The standard InChI is InChI=1S/C20H30N4O3/c1-5-10-24-13-16(12-18(24)25)21-20(27)22-17-9-8-15(11-14(17)4)19(26)23(6-2)7-3/h8-9,11,16H,5-7,10,12-13H2,1-4H3,(H2,21,22,27)/t16-/m1/s1. The van der Waals surface area contributed by atoms with Gasteiger partial charge >= 0.3 is 6.03 Å². The van der Waals surface area contributed by atoms with E-state index in [0.29, 0.717) is 37.3 Å². The maximum atomic E-state index is 12.4. The van der Waals surface area contributed by atoms with E-state index in [9.17, 15) is 14.4 Å². The molecule has 1 fully saturated rings. The van der Waals surface area contributed by atoms with Crippen molar-refractivity contribution in [3.05, 3.63) is 29.3 Å². The molecule has 0 aliphatic carbocycles. The Hall–Kier alpha value is -2.57. The van der Waals surface area contributed by atoms with Crippen molar-refractivity contribution in [3.63, 3.8) is 0 Å². The summed E-state index contributed by atoms with van der Waals surface area (Å²) in [7, 11) is 0. The zero-order valence-corrected chi connectivity index (χ0v) is 16.7. The highest BCUT2D eigenvalue weighted by atomic mass is 16.2. The molecule has 7 heteroatoms. The number of hydrogen-bond acceptors (Lipinski definition) is 3. The molecule has 1 aromatic carbocycles. The monoisotopic (exact) mass is 374 g/mol. The van der Waals surface area contributed by atoms with Crippen molar-refractivity contribution in [2.24, 2.45) is 0 Å². The quantitative estimate of drug-likeness (QED) is 0.770. The van der Waals surface area contributed by atoms with Gasteiger partial charge in [0.1, 0.15) is 0 Å². The highest BCUT2D eigenvalue weighted by Crippen LogP contribution is 2.18. The lowest BCUT2D eigenvalue weighted by molar-refractivity contribution is -0.127. The molecular formula is C20H30N4O3. The minimum absolute atomic E-state index is 0.0143. The van der Waals surface area contributed by atoms with E-state index in [2.05, 4.69) is 10.6 Å². The van der Waals surface area contributed by atoms with Crippen LogP contribution >= 0.6 is 0 Å². The second-order valence-electron chi connectivity index (χ2n) is 6.85. The van der Waals surface area contributed by atoms with Crippen LogP contribution in [0, 0.1) is 6.92 Å². The summed E-state index contributed by atoms with van der Waals surface area (Å²) in [6.45, 7) is 10.4. The fraction of sp³-hybridized carbons (Fsp3) is 0.550. The first-order valence-corrected chi connectivity index (χ1v) is 9.64. The number of anilines is 1. The molecule has 1 saturated heterocycles. The molecule has 0 radical (unpaired) electrons. The Morgan fingerprint density at radius 3 is 2.52 bits per heavy atom. The van der Waals surface area contributed by atoms with E-state index < -0.39 is 0 Å². The maximum Gasteiger partial charge on any atom is 0.319 e. The minimum atomic E-state index is -0.336. The summed E-state index contributed by atoms with van der Waals surface area (Å²) in [5.41, 5.74) is 2.08. The molecule has 1 aromatic rings. The molecule has 148 valence electrons. The van der Waals surface area contributed by atoms with Gasteiger partial charge in [0.2, 0.25) is 5.91 Å². The van der Waals surface area contributed by atoms with Gasteiger partial charge in [-0.2, -0.15) is 0 Å². The number of urea groups is 1. The van der Waals surface area contributed by atoms with Crippen molar-refractivity contribution in [2.75, 3.05) is 31.5 Å². The van der Waals surface area contributed by atoms with Crippen LogP contribution in [0.25, 0.3) is 0 Å². The summed E-state index contributed by atoms with van der Waals surface area (Å²) in [6.07, 6.45) is 1.24. The molecule has 0 saturated carbocycles. The Bertz CT molecular complexity index is 700. The molecule has 2 rings (SSSR count). The number of aryl methyl sites for hydroxylation is 1. The van der Waals surface area contributed by atoms with Gasteiger partial charge in [0, 0.05) is 43.9 Å². The van der Waals surface area contributed by atoms with E-state index in [4.69, 9.17) is 0 Å². The molecule has 4 amide bonds. The SMILES string of the molecule is CCCN1C[C@H](NC(=O)Nc2ccc(C(=O)N(CC)CC)cc2C)CC1=O. The first kappa shape index (κ1) is 20.7. The second kappa shape index (κ2) is 9.39. The summed E-state index contributed by atoms with van der Waals surface area (Å²) < 4.78 is 0. The zero-order chi connectivity index (χ0) is 20.0. The van der Waals surface area contributed by atoms with Gasteiger partial charge in [-0.25, -0.2) is 4.79 Å². The smallest absolute Gasteiger partial charge is 0.319 e. The topological polar surface area (TPSA) is 81.8 Å². The highest BCUT2D eigenvalue weighted by molar-refractivity contribution is 5.96. The van der Waals surface area contributed by atoms with Gasteiger partial charge in [-0.15, -0.1) is 0 Å². The van der Waals surface area contributed by atoms with Crippen LogP contribution in [0.2, 0.25) is 0 Å². The Morgan fingerprint density at radius 1 is 1.22 bits per heavy atom. The van der Waals surface area contributed by atoms with Crippen LogP contribution in [0.1, 0.15) is 49.5 Å². The third-order valence-electron chi connectivity index (χ3n) is 4.82. The average Bonchev–Trinajstić information content (AvgIpc) is 2.97. The number of nitrogens with one attached hydrogen (secondary N) is 2. The summed E-state index contributed by atoms with van der Waals surface area (Å²) in [5, 5.41) is 5.68. The number of carbonyl (C=O) groups is 3. The molecule has 1 atom stereocenters. The number of nitrogens with zero attached hydrogens (tertiary/aromatic N) is 2. The molecule has 7 nitrogen and oxygen atoms in total. The number of carbonyl (C=O) groups excluding carboxylic acids is 3. The number of amides is 4. The van der Waals surface area contributed by atoms with E-state index >= 15 is 0 Å². The molecule has 1 aliphatic rings. The summed E-state index contributed by atoms with van der Waals surface area (Å²) >= 11 is 0. The predicted molar refractivity (Wildman–Crippen MR) is 106 cm³/mol. The molecule has 0 spiro atoms. The van der Waals surface area contributed by atoms with Crippen LogP contribution in [-0.2, 0) is 4.79 Å². The van der Waals surface area contributed by atoms with Gasteiger partial charge in [0.05, 0.1) is 6.04 Å². The van der Waals surface area contributed by atoms with Gasteiger partial charge in [-0.3, -0.25) is 9.59 Å². The van der Waals surface area contributed by atoms with Gasteiger partial charge in [-0.05, 0) is 51.0 Å². The Labute approximate surface area is 161 Å². The fourth-order valence-electron chi connectivity index (χ4n) is 3.33. The number of rotatable bonds is 7. The first-order valence-electron chi connectivity index (χ1n) is 9.64. The molecule has 0 aromatic heterocycles. The lowest BCUT2D eigenvalue weighted by Gasteiger charge is -2.19. The van der Waals surface area contributed by atoms with Crippen molar-refractivity contribution in [1.82, 2.24) is 15.1 Å². The third-order valence-corrected chi connectivity index (χ3v) is 4.82. The van der Waals surface area contributed by atoms with Crippen molar-refractivity contribution in [1.29, 1.82) is 0 Å². The number of likely N-dealkylation sites (tertiary alicyclic amines) is 1.